The van der Waals surface area contributed by atoms with Crippen LogP contribution in [-0.2, 0) is 0 Å². The number of hydrogen-bond donors (Lipinski definition) is 2. The summed E-state index contributed by atoms with van der Waals surface area (Å²) in [4.78, 5) is 15.7. The van der Waals surface area contributed by atoms with Crippen LogP contribution < -0.4 is 11.1 Å². The molecular formula is C13H18ClN3O. The molecule has 0 saturated heterocycles. The zero-order valence-electron chi connectivity index (χ0n) is 10.3. The van der Waals surface area contributed by atoms with Gasteiger partial charge in [-0.2, -0.15) is 0 Å². The largest absolute Gasteiger partial charge is 0.397 e. The quantitative estimate of drug-likeness (QED) is 0.824. The van der Waals surface area contributed by atoms with Gasteiger partial charge >= 0.3 is 0 Å². The summed E-state index contributed by atoms with van der Waals surface area (Å²) in [6, 6.07) is 1.50. The molecule has 1 heterocycles. The van der Waals surface area contributed by atoms with Gasteiger partial charge in [0.15, 0.2) is 0 Å². The zero-order chi connectivity index (χ0) is 13.0. The maximum atomic E-state index is 11.9. The van der Waals surface area contributed by atoms with Gasteiger partial charge in [0.1, 0.15) is 5.15 Å². The number of rotatable bonds is 4. The summed E-state index contributed by atoms with van der Waals surface area (Å²) in [6.07, 6.45) is 7.69. The van der Waals surface area contributed by atoms with Gasteiger partial charge in [0, 0.05) is 6.54 Å². The Morgan fingerprint density at radius 2 is 2.22 bits per heavy atom. The number of hydrogen-bond acceptors (Lipinski definition) is 3. The minimum atomic E-state index is -0.171. The first kappa shape index (κ1) is 13.1. The Balaban J connectivity index is 1.85. The molecule has 0 aliphatic heterocycles. The maximum Gasteiger partial charge on any atom is 0.253 e. The Hall–Kier alpha value is -1.29. The average Bonchev–Trinajstić information content (AvgIpc) is 2.85. The highest BCUT2D eigenvalue weighted by atomic mass is 35.5. The highest BCUT2D eigenvalue weighted by molar-refractivity contribution is 6.29. The first-order valence-electron chi connectivity index (χ1n) is 6.36. The van der Waals surface area contributed by atoms with Crippen LogP contribution in [0.25, 0.3) is 0 Å². The van der Waals surface area contributed by atoms with Gasteiger partial charge in [-0.05, 0) is 18.4 Å². The van der Waals surface area contributed by atoms with Gasteiger partial charge in [-0.1, -0.05) is 37.3 Å². The number of aromatic nitrogens is 1. The molecule has 5 heteroatoms. The predicted molar refractivity (Wildman–Crippen MR) is 72.6 cm³/mol. The third-order valence-corrected chi connectivity index (χ3v) is 3.67. The molecule has 1 amide bonds. The molecular weight excluding hydrogens is 250 g/mol. The van der Waals surface area contributed by atoms with E-state index in [1.165, 1.54) is 37.9 Å². The van der Waals surface area contributed by atoms with Gasteiger partial charge in [-0.15, -0.1) is 0 Å². The van der Waals surface area contributed by atoms with E-state index in [1.807, 2.05) is 0 Å². The van der Waals surface area contributed by atoms with Crippen LogP contribution in [0.4, 0.5) is 5.69 Å². The minimum Gasteiger partial charge on any atom is -0.397 e. The van der Waals surface area contributed by atoms with Crippen molar-refractivity contribution in [2.24, 2.45) is 5.92 Å². The smallest absolute Gasteiger partial charge is 0.253 e. The molecule has 0 unspecified atom stereocenters. The number of nitrogens with one attached hydrogen (secondary N) is 1. The number of carbonyl (C=O) groups is 1. The van der Waals surface area contributed by atoms with E-state index in [1.54, 1.807) is 0 Å². The highest BCUT2D eigenvalue weighted by Gasteiger charge is 2.15. The lowest BCUT2D eigenvalue weighted by atomic mass is 10.0. The van der Waals surface area contributed by atoms with Crippen molar-refractivity contribution in [2.45, 2.75) is 32.1 Å². The molecule has 0 radical (unpaired) electrons. The van der Waals surface area contributed by atoms with Gasteiger partial charge in [-0.3, -0.25) is 4.79 Å². The summed E-state index contributed by atoms with van der Waals surface area (Å²) in [5.74, 6) is 0.596. The first-order chi connectivity index (χ1) is 8.66. The van der Waals surface area contributed by atoms with Crippen LogP contribution in [0.3, 0.4) is 0 Å². The number of pyridine rings is 1. The number of anilines is 1. The van der Waals surface area contributed by atoms with Gasteiger partial charge in [0.25, 0.3) is 5.91 Å². The molecule has 1 aliphatic carbocycles. The van der Waals surface area contributed by atoms with E-state index in [9.17, 15) is 4.79 Å². The van der Waals surface area contributed by atoms with Gasteiger partial charge in [-0.25, -0.2) is 4.98 Å². The molecule has 0 bridgehead atoms. The zero-order valence-corrected chi connectivity index (χ0v) is 11.0. The number of halogens is 1. The monoisotopic (exact) mass is 267 g/mol. The van der Waals surface area contributed by atoms with E-state index in [0.717, 1.165) is 12.3 Å². The molecule has 2 rings (SSSR count). The lowest BCUT2D eigenvalue weighted by Gasteiger charge is -2.10. The van der Waals surface area contributed by atoms with Crippen LogP contribution in [0, 0.1) is 5.92 Å². The highest BCUT2D eigenvalue weighted by Crippen LogP contribution is 2.27. The van der Waals surface area contributed by atoms with E-state index in [0.29, 0.717) is 17.8 Å². The van der Waals surface area contributed by atoms with Crippen molar-refractivity contribution in [3.8, 4) is 0 Å². The fourth-order valence-electron chi connectivity index (χ4n) is 2.42. The second kappa shape index (κ2) is 6.05. The normalized spacial score (nSPS) is 15.8. The Morgan fingerprint density at radius 3 is 2.94 bits per heavy atom. The molecule has 0 spiro atoms. The number of carbonyl (C=O) groups excluding carboxylic acids is 1. The molecule has 1 aromatic heterocycles. The SMILES string of the molecule is Nc1cnc(Cl)cc1C(=O)NCCC1CCCC1. The molecule has 3 N–H and O–H groups in total. The van der Waals surface area contributed by atoms with Crippen molar-refractivity contribution in [3.05, 3.63) is 23.0 Å². The molecule has 0 aromatic carbocycles. The van der Waals surface area contributed by atoms with Crippen LogP contribution in [0.1, 0.15) is 42.5 Å². The average molecular weight is 268 g/mol. The third-order valence-electron chi connectivity index (χ3n) is 3.46. The molecule has 0 atom stereocenters. The molecule has 1 aliphatic rings. The van der Waals surface area contributed by atoms with Crippen LogP contribution in [-0.4, -0.2) is 17.4 Å². The Morgan fingerprint density at radius 1 is 1.50 bits per heavy atom. The molecule has 18 heavy (non-hydrogen) atoms. The Bertz CT molecular complexity index is 430. The van der Waals surface area contributed by atoms with Crippen molar-refractivity contribution in [1.29, 1.82) is 0 Å². The summed E-state index contributed by atoms with van der Waals surface area (Å²) in [7, 11) is 0. The first-order valence-corrected chi connectivity index (χ1v) is 6.74. The molecule has 1 saturated carbocycles. The molecule has 4 nitrogen and oxygen atoms in total. The third kappa shape index (κ3) is 3.35. The number of nitrogens with two attached hydrogens (primary N) is 1. The summed E-state index contributed by atoms with van der Waals surface area (Å²) >= 11 is 5.75. The lowest BCUT2D eigenvalue weighted by molar-refractivity contribution is 0.0952. The topological polar surface area (TPSA) is 68.0 Å². The van der Waals surface area contributed by atoms with Crippen LogP contribution in [0.15, 0.2) is 12.3 Å². The van der Waals surface area contributed by atoms with Crippen LogP contribution in [0.5, 0.6) is 0 Å². The minimum absolute atomic E-state index is 0.171. The van der Waals surface area contributed by atoms with E-state index >= 15 is 0 Å². The molecule has 1 aromatic rings. The van der Waals surface area contributed by atoms with Crippen molar-refractivity contribution in [1.82, 2.24) is 10.3 Å². The van der Waals surface area contributed by atoms with E-state index in [2.05, 4.69) is 10.3 Å². The van der Waals surface area contributed by atoms with Crippen molar-refractivity contribution in [2.75, 3.05) is 12.3 Å². The summed E-state index contributed by atoms with van der Waals surface area (Å²) in [5, 5.41) is 3.17. The molecule has 1 fully saturated rings. The van der Waals surface area contributed by atoms with Gasteiger partial charge in [0.05, 0.1) is 17.4 Å². The fourth-order valence-corrected chi connectivity index (χ4v) is 2.58. The molecule has 98 valence electrons. The predicted octanol–water partition coefficient (Wildman–Crippen LogP) is 2.63. The van der Waals surface area contributed by atoms with Gasteiger partial charge in [0.2, 0.25) is 0 Å². The van der Waals surface area contributed by atoms with Crippen molar-refractivity contribution >= 4 is 23.2 Å². The Kier molecular flexibility index (Phi) is 4.42. The summed E-state index contributed by atoms with van der Waals surface area (Å²) in [5.41, 5.74) is 6.47. The second-order valence-corrected chi connectivity index (χ2v) is 5.18. The van der Waals surface area contributed by atoms with E-state index in [4.69, 9.17) is 17.3 Å². The standard InChI is InChI=1S/C13H18ClN3O/c14-12-7-10(11(15)8-17-12)13(18)16-6-5-9-3-1-2-4-9/h7-9H,1-6,15H2,(H,16,18). The number of amides is 1. The maximum absolute atomic E-state index is 11.9. The lowest BCUT2D eigenvalue weighted by Crippen LogP contribution is -2.26. The second-order valence-electron chi connectivity index (χ2n) is 4.79. The van der Waals surface area contributed by atoms with Gasteiger partial charge < -0.3 is 11.1 Å². The summed E-state index contributed by atoms with van der Waals surface area (Å²) in [6.45, 7) is 0.697. The van der Waals surface area contributed by atoms with Crippen molar-refractivity contribution < 1.29 is 4.79 Å². The van der Waals surface area contributed by atoms with Crippen LogP contribution in [0.2, 0.25) is 5.15 Å². The van der Waals surface area contributed by atoms with E-state index < -0.39 is 0 Å². The fraction of sp³-hybridized carbons (Fsp3) is 0.538. The van der Waals surface area contributed by atoms with Crippen molar-refractivity contribution in [3.63, 3.8) is 0 Å². The number of nitrogen functional groups attached to an aromatic ring is 1. The van der Waals surface area contributed by atoms with Crippen LogP contribution >= 0.6 is 11.6 Å². The number of nitrogens with zero attached hydrogens (tertiary/aromatic N) is 1. The van der Waals surface area contributed by atoms with E-state index in [-0.39, 0.29) is 11.1 Å². The summed E-state index contributed by atoms with van der Waals surface area (Å²) < 4.78 is 0. The Labute approximate surface area is 112 Å².